The van der Waals surface area contributed by atoms with Crippen molar-refractivity contribution in [2.24, 2.45) is 28.7 Å². The van der Waals surface area contributed by atoms with Crippen LogP contribution in [0.25, 0.3) is 0 Å². The summed E-state index contributed by atoms with van der Waals surface area (Å²) in [4.78, 5) is 3.29. The molecule has 0 fully saturated rings. The lowest BCUT2D eigenvalue weighted by Gasteiger charge is -1.99. The Morgan fingerprint density at radius 2 is 0.903 bits per heavy atom. The molecule has 9 heteroatoms. The van der Waals surface area contributed by atoms with Gasteiger partial charge in [0.15, 0.2) is 0 Å². The third-order valence-electron chi connectivity index (χ3n) is 4.30. The van der Waals surface area contributed by atoms with Crippen molar-refractivity contribution < 1.29 is 35.2 Å². The molecule has 0 bridgehead atoms. The van der Waals surface area contributed by atoms with Gasteiger partial charge in [-0.1, -0.05) is 47.0 Å². The van der Waals surface area contributed by atoms with Crippen molar-refractivity contribution in [3.05, 3.63) is 0 Å². The van der Waals surface area contributed by atoms with Gasteiger partial charge in [0, 0.05) is 12.8 Å². The highest BCUT2D eigenvalue weighted by Crippen LogP contribution is 2.03. The maximum Gasteiger partial charge on any atom is 0.240 e. The van der Waals surface area contributed by atoms with Crippen LogP contribution >= 0.6 is 0 Å². The van der Waals surface area contributed by atoms with Crippen LogP contribution in [0.15, 0.2) is 0 Å². The average molecular weight is 491 g/mol. The molecule has 0 amide bonds. The molecule has 0 spiro atoms. The minimum Gasteiger partial charge on any atom is -1.00 e. The Bertz CT molecular complexity index is 338. The van der Waals surface area contributed by atoms with E-state index < -0.39 is 0 Å². The summed E-state index contributed by atoms with van der Waals surface area (Å²) in [6, 6.07) is 0. The van der Waals surface area contributed by atoms with Gasteiger partial charge in [0.25, 0.3) is 0 Å². The van der Waals surface area contributed by atoms with Crippen LogP contribution in [0.1, 0.15) is 105 Å². The second kappa shape index (κ2) is 39.8. The molecule has 0 rings (SSSR count). The van der Waals surface area contributed by atoms with Crippen LogP contribution in [0.4, 0.5) is 0 Å². The Balaban J connectivity index is -0.000000113. The van der Waals surface area contributed by atoms with Gasteiger partial charge in [-0.05, 0) is 64.6 Å². The fourth-order valence-electron chi connectivity index (χ4n) is 2.60. The van der Waals surface area contributed by atoms with Crippen molar-refractivity contribution in [2.75, 3.05) is 26.2 Å². The summed E-state index contributed by atoms with van der Waals surface area (Å²) in [6.07, 6.45) is 15.9. The van der Waals surface area contributed by atoms with Crippen molar-refractivity contribution in [2.45, 2.75) is 105 Å². The normalized spacial score (nSPS) is 9.71. The van der Waals surface area contributed by atoms with Gasteiger partial charge in [0.05, 0.1) is 6.54 Å². The molecule has 0 saturated heterocycles. The van der Waals surface area contributed by atoms with Crippen LogP contribution in [0.3, 0.4) is 0 Å². The predicted molar refractivity (Wildman–Crippen MR) is 131 cm³/mol. The monoisotopic (exact) mass is 489 g/mol. The van der Waals surface area contributed by atoms with Gasteiger partial charge in [-0.3, -0.25) is 21.9 Å². The molecule has 0 aromatic heterocycles. The molecule has 0 aliphatic rings. The molecular weight excluding hydrogens is 433 g/mol. The van der Waals surface area contributed by atoms with Gasteiger partial charge in [-0.2, -0.15) is 0 Å². The third kappa shape index (κ3) is 48.2. The molecule has 0 radical (unpaired) electrons. The predicted octanol–water partition coefficient (Wildman–Crippen LogP) is -5.86. The summed E-state index contributed by atoms with van der Waals surface area (Å²) in [5.41, 5.74) is 27.3. The van der Waals surface area contributed by atoms with Crippen molar-refractivity contribution in [1.82, 2.24) is 0 Å². The average Bonchev–Trinajstić information content (AvgIpc) is 2.65. The van der Waals surface area contributed by atoms with E-state index in [1.807, 2.05) is 0 Å². The highest BCUT2D eigenvalue weighted by atomic mass is 35.5. The van der Waals surface area contributed by atoms with E-state index in [2.05, 4.69) is 4.99 Å². The quantitative estimate of drug-likeness (QED) is 0.0576. The standard InChI is InChI=1S/C14H31N5.C6H16N2.2CH4.2ClH/c15-11-7-3-4-8-12-19-14(18)10-6-2-1-5-9-13(16)17;7-5-3-1-2-4-6-8;;;;/h1-12,15H2,(H3,16,17)(H2,18,19);1-8H2;2*1H4;2*1H. The number of unbranched alkanes of at least 4 members (excludes halogenated alkanes) is 9. The highest BCUT2D eigenvalue weighted by molar-refractivity contribution is 5.74. The molecule has 0 aliphatic heterocycles. The second-order valence-corrected chi connectivity index (χ2v) is 7.14. The van der Waals surface area contributed by atoms with E-state index in [1.165, 1.54) is 44.9 Å². The van der Waals surface area contributed by atoms with Crippen molar-refractivity contribution in [3.63, 3.8) is 0 Å². The third-order valence-corrected chi connectivity index (χ3v) is 4.30. The Kier molecular flexibility index (Phi) is 56.7. The highest BCUT2D eigenvalue weighted by Gasteiger charge is 2.00. The summed E-state index contributed by atoms with van der Waals surface area (Å²) < 4.78 is 0. The van der Waals surface area contributed by atoms with E-state index in [0.29, 0.717) is 5.84 Å². The van der Waals surface area contributed by atoms with Crippen LogP contribution in [-0.4, -0.2) is 37.9 Å². The number of hydrogen-bond acceptors (Lipinski definition) is 3. The fraction of sp³-hybridized carbons (Fsp3) is 0.909. The molecule has 0 heterocycles. The first kappa shape index (κ1) is 44.1. The summed E-state index contributed by atoms with van der Waals surface area (Å²) in [5, 5.41) is 5.41. The first-order valence-corrected chi connectivity index (χ1v) is 10.9. The molecule has 194 valence electrons. The minimum absolute atomic E-state index is 0. The van der Waals surface area contributed by atoms with Crippen LogP contribution in [0, 0.1) is 0 Å². The van der Waals surface area contributed by atoms with Crippen molar-refractivity contribution in [1.29, 1.82) is 0 Å². The summed E-state index contributed by atoms with van der Waals surface area (Å²) in [6.45, 7) is 3.43. The molecule has 0 aliphatic carbocycles. The van der Waals surface area contributed by atoms with Crippen LogP contribution in [-0.2, 0) is 0 Å². The number of halogens is 2. The zero-order valence-corrected chi connectivity index (χ0v) is 20.0. The number of nitrogens with one attached hydrogen (secondary N) is 1. The zero-order valence-electron chi connectivity index (χ0n) is 18.4. The molecule has 0 aromatic rings. The molecule has 0 atom stereocenters. The van der Waals surface area contributed by atoms with E-state index in [1.54, 1.807) is 0 Å². The lowest BCUT2D eigenvalue weighted by Crippen LogP contribution is -3.00. The Morgan fingerprint density at radius 1 is 0.548 bits per heavy atom. The number of amidine groups is 2. The van der Waals surface area contributed by atoms with Crippen LogP contribution < -0.4 is 63.9 Å². The Labute approximate surface area is 206 Å². The van der Waals surface area contributed by atoms with Gasteiger partial charge in [0.2, 0.25) is 11.7 Å². The Morgan fingerprint density at radius 3 is 1.29 bits per heavy atom. The molecule has 13 N–H and O–H groups in total. The molecule has 31 heavy (non-hydrogen) atoms. The van der Waals surface area contributed by atoms with Crippen LogP contribution in [0.2, 0.25) is 0 Å². The molecular formula is C22H57Cl2N7. The molecule has 7 nitrogen and oxygen atoms in total. The molecule has 0 unspecified atom stereocenters. The van der Waals surface area contributed by atoms with Gasteiger partial charge < -0.3 is 42.0 Å². The molecule has 0 aromatic carbocycles. The van der Waals surface area contributed by atoms with Gasteiger partial charge in [0.1, 0.15) is 0 Å². The SMILES string of the molecule is C.C.NCCCCCCN.NCCCCCC[NH+]=C(N)CCCCCCC(N)=[NH2+].[Cl-].[Cl-]. The first-order valence-electron chi connectivity index (χ1n) is 10.9. The maximum absolute atomic E-state index is 5.92. The van der Waals surface area contributed by atoms with Gasteiger partial charge >= 0.3 is 0 Å². The van der Waals surface area contributed by atoms with E-state index in [-0.39, 0.29) is 39.7 Å². The minimum atomic E-state index is 0. The van der Waals surface area contributed by atoms with E-state index in [4.69, 9.17) is 34.1 Å². The van der Waals surface area contributed by atoms with Gasteiger partial charge in [-0.25, -0.2) is 0 Å². The number of rotatable bonds is 18. The second-order valence-electron chi connectivity index (χ2n) is 7.14. The molecule has 0 saturated carbocycles. The summed E-state index contributed by atoms with van der Waals surface area (Å²) in [7, 11) is 0. The summed E-state index contributed by atoms with van der Waals surface area (Å²) in [5.74, 6) is 1.46. The first-order chi connectivity index (χ1) is 13.1. The van der Waals surface area contributed by atoms with Crippen LogP contribution in [0.5, 0.6) is 0 Å². The topological polar surface area (TPSA) is 170 Å². The fourth-order valence-corrected chi connectivity index (χ4v) is 2.60. The van der Waals surface area contributed by atoms with Gasteiger partial charge in [-0.15, -0.1) is 0 Å². The van der Waals surface area contributed by atoms with Crippen molar-refractivity contribution in [3.8, 4) is 0 Å². The van der Waals surface area contributed by atoms with E-state index >= 15 is 0 Å². The largest absolute Gasteiger partial charge is 1.00 e. The lowest BCUT2D eigenvalue weighted by atomic mass is 10.1. The Hall–Kier alpha value is -0.600. The van der Waals surface area contributed by atoms with E-state index in [0.717, 1.165) is 77.0 Å². The summed E-state index contributed by atoms with van der Waals surface area (Å²) >= 11 is 0. The smallest absolute Gasteiger partial charge is 0.240 e. The van der Waals surface area contributed by atoms with Crippen molar-refractivity contribution >= 4 is 11.7 Å². The lowest BCUT2D eigenvalue weighted by molar-refractivity contribution is -0.460. The van der Waals surface area contributed by atoms with E-state index in [9.17, 15) is 0 Å². The maximum atomic E-state index is 5.92. The zero-order chi connectivity index (χ0) is 20.6. The number of nitrogens with two attached hydrogens (primary N) is 6. The number of hydrogen-bond donors (Lipinski definition) is 7.